The zero-order valence-electron chi connectivity index (χ0n) is 8.73. The third-order valence-corrected chi connectivity index (χ3v) is 1.89. The van der Waals surface area contributed by atoms with Gasteiger partial charge in [0.15, 0.2) is 0 Å². The predicted molar refractivity (Wildman–Crippen MR) is 60.5 cm³/mol. The molecule has 15 heavy (non-hydrogen) atoms. The highest BCUT2D eigenvalue weighted by Crippen LogP contribution is 2.11. The molecule has 0 saturated heterocycles. The maximum Gasteiger partial charge on any atom is 0.208 e. The summed E-state index contributed by atoms with van der Waals surface area (Å²) in [7, 11) is 1.65. The van der Waals surface area contributed by atoms with E-state index < -0.39 is 0 Å². The summed E-state index contributed by atoms with van der Waals surface area (Å²) in [4.78, 5) is 0. The van der Waals surface area contributed by atoms with Gasteiger partial charge in [-0.1, -0.05) is 12.1 Å². The Morgan fingerprint density at radius 1 is 1.33 bits per heavy atom. The molecule has 0 amide bonds. The molecule has 1 rings (SSSR count). The summed E-state index contributed by atoms with van der Waals surface area (Å²) in [5.74, 6) is 0.903. The van der Waals surface area contributed by atoms with Crippen molar-refractivity contribution >= 4 is 5.96 Å². The first-order chi connectivity index (χ1) is 7.22. The van der Waals surface area contributed by atoms with Crippen molar-refractivity contribution in [2.45, 2.75) is 6.42 Å². The van der Waals surface area contributed by atoms with E-state index in [-0.39, 0.29) is 5.96 Å². The van der Waals surface area contributed by atoms with Crippen LogP contribution in [-0.4, -0.2) is 19.6 Å². The van der Waals surface area contributed by atoms with Crippen molar-refractivity contribution < 1.29 is 4.74 Å². The molecule has 1 aromatic carbocycles. The first-order valence-corrected chi connectivity index (χ1v) is 4.67. The van der Waals surface area contributed by atoms with Crippen molar-refractivity contribution in [1.82, 2.24) is 5.43 Å². The highest BCUT2D eigenvalue weighted by molar-refractivity contribution is 5.75. The van der Waals surface area contributed by atoms with E-state index in [4.69, 9.17) is 16.2 Å². The molecule has 0 aliphatic rings. The van der Waals surface area contributed by atoms with Crippen LogP contribution in [0.25, 0.3) is 0 Å². The van der Waals surface area contributed by atoms with E-state index in [1.807, 2.05) is 24.3 Å². The standard InChI is InChI=1S/C10H16N4O/c1-15-9-4-2-8(3-5-9)6-7-13-14-10(11)12/h2-5,13H,6-7H2,1H3,(H4,11,12,14). The van der Waals surface area contributed by atoms with Crippen molar-refractivity contribution in [3.8, 4) is 5.75 Å². The minimum absolute atomic E-state index is 0.0460. The molecule has 5 nitrogen and oxygen atoms in total. The van der Waals surface area contributed by atoms with Gasteiger partial charge in [0, 0.05) is 6.54 Å². The zero-order chi connectivity index (χ0) is 11.1. The van der Waals surface area contributed by atoms with Crippen LogP contribution in [0.5, 0.6) is 5.75 Å². The number of nitrogens with two attached hydrogens (primary N) is 2. The van der Waals surface area contributed by atoms with Gasteiger partial charge in [-0.25, -0.2) is 0 Å². The van der Waals surface area contributed by atoms with Gasteiger partial charge in [0.05, 0.1) is 7.11 Å². The highest BCUT2D eigenvalue weighted by Gasteiger charge is 1.93. The fraction of sp³-hybridized carbons (Fsp3) is 0.300. The van der Waals surface area contributed by atoms with E-state index in [1.54, 1.807) is 7.11 Å². The van der Waals surface area contributed by atoms with Crippen molar-refractivity contribution in [2.75, 3.05) is 13.7 Å². The maximum atomic E-state index is 5.16. The van der Waals surface area contributed by atoms with Crippen LogP contribution in [0.1, 0.15) is 5.56 Å². The van der Waals surface area contributed by atoms with Crippen LogP contribution in [0, 0.1) is 0 Å². The van der Waals surface area contributed by atoms with Gasteiger partial charge in [0.1, 0.15) is 5.75 Å². The summed E-state index contributed by atoms with van der Waals surface area (Å²) in [5.41, 5.74) is 14.3. The van der Waals surface area contributed by atoms with E-state index in [9.17, 15) is 0 Å². The number of nitrogens with zero attached hydrogens (tertiary/aromatic N) is 1. The molecule has 0 radical (unpaired) electrons. The normalized spacial score (nSPS) is 9.40. The van der Waals surface area contributed by atoms with E-state index in [0.717, 1.165) is 12.2 Å². The van der Waals surface area contributed by atoms with Crippen LogP contribution in [0.2, 0.25) is 0 Å². The van der Waals surface area contributed by atoms with Gasteiger partial charge in [-0.05, 0) is 24.1 Å². The van der Waals surface area contributed by atoms with Gasteiger partial charge in [-0.2, -0.15) is 0 Å². The first-order valence-electron chi connectivity index (χ1n) is 4.67. The molecule has 0 bridgehead atoms. The van der Waals surface area contributed by atoms with E-state index in [1.165, 1.54) is 5.56 Å². The number of guanidine groups is 1. The molecule has 0 aromatic heterocycles. The Kier molecular flexibility index (Phi) is 4.28. The predicted octanol–water partition coefficient (Wildman–Crippen LogP) is 0.0157. The second-order valence-electron chi connectivity index (χ2n) is 3.04. The van der Waals surface area contributed by atoms with Crippen LogP contribution in [0.15, 0.2) is 29.4 Å². The molecule has 5 N–H and O–H groups in total. The molecule has 0 aliphatic heterocycles. The number of methoxy groups -OCH3 is 1. The van der Waals surface area contributed by atoms with Gasteiger partial charge in [-0.15, -0.1) is 5.10 Å². The number of benzene rings is 1. The topological polar surface area (TPSA) is 85.7 Å². The lowest BCUT2D eigenvalue weighted by atomic mass is 10.1. The second-order valence-corrected chi connectivity index (χ2v) is 3.04. The Morgan fingerprint density at radius 2 is 2.00 bits per heavy atom. The number of ether oxygens (including phenoxy) is 1. The zero-order valence-corrected chi connectivity index (χ0v) is 8.73. The lowest BCUT2D eigenvalue weighted by Gasteiger charge is -2.03. The average molecular weight is 208 g/mol. The van der Waals surface area contributed by atoms with Crippen LogP contribution in [0.3, 0.4) is 0 Å². The average Bonchev–Trinajstić information content (AvgIpc) is 2.25. The summed E-state index contributed by atoms with van der Waals surface area (Å²) in [6.07, 6.45) is 0.862. The van der Waals surface area contributed by atoms with Crippen molar-refractivity contribution in [3.63, 3.8) is 0 Å². The summed E-state index contributed by atoms with van der Waals surface area (Å²) in [6.45, 7) is 0.699. The molecule has 0 saturated carbocycles. The largest absolute Gasteiger partial charge is 0.497 e. The third kappa shape index (κ3) is 4.21. The second kappa shape index (κ2) is 5.74. The fourth-order valence-corrected chi connectivity index (χ4v) is 1.14. The Morgan fingerprint density at radius 3 is 2.53 bits per heavy atom. The molecule has 0 atom stereocenters. The molecule has 0 spiro atoms. The minimum Gasteiger partial charge on any atom is -0.497 e. The van der Waals surface area contributed by atoms with E-state index >= 15 is 0 Å². The summed E-state index contributed by atoms with van der Waals surface area (Å²) >= 11 is 0. The Hall–Kier alpha value is -1.91. The van der Waals surface area contributed by atoms with Gasteiger partial charge >= 0.3 is 0 Å². The molecule has 0 fully saturated rings. The van der Waals surface area contributed by atoms with Gasteiger partial charge in [0.2, 0.25) is 5.96 Å². The highest BCUT2D eigenvalue weighted by atomic mass is 16.5. The minimum atomic E-state index is 0.0460. The first kappa shape index (κ1) is 11.2. The van der Waals surface area contributed by atoms with Gasteiger partial charge in [-0.3, -0.25) is 0 Å². The molecule has 1 aromatic rings. The Balaban J connectivity index is 2.35. The molecule has 82 valence electrons. The number of rotatable bonds is 5. The number of hydrogen-bond acceptors (Lipinski definition) is 3. The molecule has 0 heterocycles. The third-order valence-electron chi connectivity index (χ3n) is 1.89. The van der Waals surface area contributed by atoms with Crippen molar-refractivity contribution in [2.24, 2.45) is 16.6 Å². The monoisotopic (exact) mass is 208 g/mol. The molecule has 5 heteroatoms. The Bertz CT molecular complexity index is 317. The Labute approximate surface area is 89.1 Å². The quantitative estimate of drug-likeness (QED) is 0.275. The fourth-order valence-electron chi connectivity index (χ4n) is 1.14. The van der Waals surface area contributed by atoms with Gasteiger partial charge < -0.3 is 21.6 Å². The smallest absolute Gasteiger partial charge is 0.208 e. The van der Waals surface area contributed by atoms with Crippen molar-refractivity contribution in [3.05, 3.63) is 29.8 Å². The number of nitrogens with one attached hydrogen (secondary N) is 1. The van der Waals surface area contributed by atoms with Crippen LogP contribution >= 0.6 is 0 Å². The van der Waals surface area contributed by atoms with Crippen LogP contribution in [0.4, 0.5) is 0 Å². The van der Waals surface area contributed by atoms with Crippen LogP contribution in [-0.2, 0) is 6.42 Å². The molecular formula is C10H16N4O. The molecular weight excluding hydrogens is 192 g/mol. The number of hydrogen-bond donors (Lipinski definition) is 3. The molecule has 0 unspecified atom stereocenters. The van der Waals surface area contributed by atoms with E-state index in [2.05, 4.69) is 10.5 Å². The molecule has 0 aliphatic carbocycles. The van der Waals surface area contributed by atoms with Crippen LogP contribution < -0.4 is 21.6 Å². The lowest BCUT2D eigenvalue weighted by molar-refractivity contribution is 0.414. The van der Waals surface area contributed by atoms with Gasteiger partial charge in [0.25, 0.3) is 0 Å². The lowest BCUT2D eigenvalue weighted by Crippen LogP contribution is -2.27. The SMILES string of the molecule is COc1ccc(CCNN=C(N)N)cc1. The number of hydrazone groups is 1. The van der Waals surface area contributed by atoms with Crippen molar-refractivity contribution in [1.29, 1.82) is 0 Å². The summed E-state index contributed by atoms with van der Waals surface area (Å²) in [6, 6.07) is 7.87. The maximum absolute atomic E-state index is 5.16. The summed E-state index contributed by atoms with van der Waals surface area (Å²) in [5, 5.41) is 3.67. The van der Waals surface area contributed by atoms with E-state index in [0.29, 0.717) is 6.54 Å². The summed E-state index contributed by atoms with van der Waals surface area (Å²) < 4.78 is 5.06.